The second-order valence-electron chi connectivity index (χ2n) is 9.15. The van der Waals surface area contributed by atoms with E-state index in [0.29, 0.717) is 20.6 Å². The van der Waals surface area contributed by atoms with Crippen molar-refractivity contribution in [2.75, 3.05) is 30.0 Å². The number of halogens is 2. The second kappa shape index (κ2) is 8.70. The first-order valence-corrected chi connectivity index (χ1v) is 14.2. The summed E-state index contributed by atoms with van der Waals surface area (Å²) in [6.07, 6.45) is 6.71. The van der Waals surface area contributed by atoms with Crippen LogP contribution < -0.4 is 10.6 Å². The molecule has 1 atom stereocenters. The molecule has 0 radical (unpaired) electrons. The number of anilines is 2. The zero-order chi connectivity index (χ0) is 24.1. The summed E-state index contributed by atoms with van der Waals surface area (Å²) in [5, 5.41) is 0.779. The number of benzene rings is 2. The van der Waals surface area contributed by atoms with Gasteiger partial charge in [-0.25, -0.2) is 23.3 Å². The van der Waals surface area contributed by atoms with Gasteiger partial charge in [0.25, 0.3) is 0 Å². The number of aromatic nitrogens is 2. The molecule has 1 aliphatic carbocycles. The fraction of sp³-hybridized carbons (Fsp3) is 0.333. The summed E-state index contributed by atoms with van der Waals surface area (Å²) in [6.45, 7) is 1.64. The average molecular weight is 518 g/mol. The number of nitrogens with zero attached hydrogens (tertiary/aromatic N) is 3. The second-order valence-corrected chi connectivity index (χ2v) is 12.7. The molecule has 1 unspecified atom stereocenters. The Bertz CT molecular complexity index is 1370. The number of rotatable bonds is 4. The van der Waals surface area contributed by atoms with Crippen molar-refractivity contribution in [1.29, 1.82) is 4.78 Å². The van der Waals surface area contributed by atoms with Crippen molar-refractivity contribution in [3.05, 3.63) is 64.6 Å². The Morgan fingerprint density at radius 2 is 1.94 bits per heavy atom. The molecule has 178 valence electrons. The minimum atomic E-state index is -2.95. The first kappa shape index (κ1) is 23.4. The summed E-state index contributed by atoms with van der Waals surface area (Å²) >= 11 is 7.65. The van der Waals surface area contributed by atoms with Crippen LogP contribution in [-0.4, -0.2) is 33.5 Å². The molecule has 10 heteroatoms. The fourth-order valence-electron chi connectivity index (χ4n) is 4.96. The van der Waals surface area contributed by atoms with E-state index in [2.05, 4.69) is 14.9 Å². The van der Waals surface area contributed by atoms with E-state index in [1.165, 1.54) is 18.0 Å². The van der Waals surface area contributed by atoms with Crippen LogP contribution in [0, 0.1) is 16.0 Å². The Morgan fingerprint density at radius 1 is 1.21 bits per heavy atom. The molecule has 1 aromatic heterocycles. The third-order valence-electron chi connectivity index (χ3n) is 6.79. The van der Waals surface area contributed by atoms with E-state index in [1.807, 2.05) is 6.07 Å². The summed E-state index contributed by atoms with van der Waals surface area (Å²) in [7, 11) is -2.95. The van der Waals surface area contributed by atoms with E-state index >= 15 is 0 Å². The quantitative estimate of drug-likeness (QED) is 0.479. The molecular formula is C24H25ClFN5OS2. The average Bonchev–Trinajstić information content (AvgIpc) is 3.15. The maximum Gasteiger partial charge on any atom is 0.158 e. The van der Waals surface area contributed by atoms with E-state index in [9.17, 15) is 8.60 Å². The third kappa shape index (κ3) is 4.36. The van der Waals surface area contributed by atoms with Crippen LogP contribution in [0.15, 0.2) is 57.4 Å². The molecule has 5 rings (SSSR count). The van der Waals surface area contributed by atoms with Crippen LogP contribution in [0.5, 0.6) is 0 Å². The van der Waals surface area contributed by atoms with E-state index in [-0.39, 0.29) is 16.3 Å². The molecular weight excluding hydrogens is 493 g/mol. The maximum atomic E-state index is 14.2. The highest BCUT2D eigenvalue weighted by Gasteiger charge is 2.41. The number of nitrogens with two attached hydrogens (primary N) is 1. The van der Waals surface area contributed by atoms with Crippen LogP contribution in [-0.2, 0) is 22.6 Å². The number of hydrogen-bond acceptors (Lipinski definition) is 7. The lowest BCUT2D eigenvalue weighted by Crippen LogP contribution is -2.41. The SMILES string of the molecule is CS(=N)(=O)c1cccc(Sc2ncc(N3CCC4(CC3)Cc3cccc(F)c3C4)nc2N)c1Cl. The van der Waals surface area contributed by atoms with Gasteiger partial charge in [0.15, 0.2) is 5.82 Å². The lowest BCUT2D eigenvalue weighted by atomic mass is 9.76. The van der Waals surface area contributed by atoms with Crippen LogP contribution in [0.25, 0.3) is 0 Å². The molecule has 0 bridgehead atoms. The van der Waals surface area contributed by atoms with Crippen molar-refractivity contribution < 1.29 is 8.60 Å². The van der Waals surface area contributed by atoms with Gasteiger partial charge < -0.3 is 10.6 Å². The molecule has 1 spiro atoms. The molecule has 2 aliphatic rings. The molecule has 3 N–H and O–H groups in total. The fourth-order valence-corrected chi connectivity index (χ4v) is 7.31. The van der Waals surface area contributed by atoms with Gasteiger partial charge in [-0.3, -0.25) is 0 Å². The standard InChI is InChI=1S/C24H25ClFN5OS2/c1-34(28,32)19-7-3-6-18(21(19)25)33-23-22(27)30-20(14-29-23)31-10-8-24(9-11-31)12-15-4-2-5-17(26)16(15)13-24/h2-7,14,28H,8-13H2,1H3,(H2,27,30). The van der Waals surface area contributed by atoms with Crippen molar-refractivity contribution in [3.63, 3.8) is 0 Å². The normalized spacial score (nSPS) is 18.6. The summed E-state index contributed by atoms with van der Waals surface area (Å²) in [6, 6.07) is 10.5. The zero-order valence-corrected chi connectivity index (χ0v) is 21.1. The molecule has 3 aromatic rings. The van der Waals surface area contributed by atoms with Gasteiger partial charge in [0.2, 0.25) is 0 Å². The van der Waals surface area contributed by atoms with E-state index in [4.69, 9.17) is 22.1 Å². The first-order chi connectivity index (χ1) is 16.2. The Hall–Kier alpha value is -2.36. The van der Waals surface area contributed by atoms with Crippen molar-refractivity contribution in [2.24, 2.45) is 5.41 Å². The van der Waals surface area contributed by atoms with E-state index in [1.54, 1.807) is 36.5 Å². The van der Waals surface area contributed by atoms with Gasteiger partial charge >= 0.3 is 0 Å². The van der Waals surface area contributed by atoms with Crippen LogP contribution in [0.3, 0.4) is 0 Å². The van der Waals surface area contributed by atoms with Crippen LogP contribution in [0.2, 0.25) is 5.02 Å². The highest BCUT2D eigenvalue weighted by atomic mass is 35.5. The van der Waals surface area contributed by atoms with E-state index in [0.717, 1.165) is 55.7 Å². The Morgan fingerprint density at radius 3 is 2.62 bits per heavy atom. The molecule has 0 saturated carbocycles. The predicted molar refractivity (Wildman–Crippen MR) is 135 cm³/mol. The third-order valence-corrected chi connectivity index (χ3v) is 9.67. The van der Waals surface area contributed by atoms with Crippen LogP contribution in [0.1, 0.15) is 24.0 Å². The van der Waals surface area contributed by atoms with Crippen LogP contribution >= 0.6 is 23.4 Å². The van der Waals surface area contributed by atoms with Gasteiger partial charge in [-0.1, -0.05) is 41.6 Å². The summed E-state index contributed by atoms with van der Waals surface area (Å²) < 4.78 is 34.2. The topological polar surface area (TPSA) is 96.0 Å². The highest BCUT2D eigenvalue weighted by Crippen LogP contribution is 2.46. The highest BCUT2D eigenvalue weighted by molar-refractivity contribution is 7.99. The number of piperidine rings is 1. The lowest BCUT2D eigenvalue weighted by molar-refractivity contribution is 0.231. The van der Waals surface area contributed by atoms with Gasteiger partial charge in [0.05, 0.1) is 25.8 Å². The first-order valence-electron chi connectivity index (χ1n) is 11.0. The van der Waals surface area contributed by atoms with Gasteiger partial charge in [-0.05, 0) is 60.4 Å². The molecule has 2 heterocycles. The van der Waals surface area contributed by atoms with Crippen molar-refractivity contribution in [1.82, 2.24) is 9.97 Å². The smallest absolute Gasteiger partial charge is 0.158 e. The minimum absolute atomic E-state index is 0.0850. The molecule has 6 nitrogen and oxygen atoms in total. The number of hydrogen-bond donors (Lipinski definition) is 2. The molecule has 2 aromatic carbocycles. The maximum absolute atomic E-state index is 14.2. The van der Waals surface area contributed by atoms with Crippen molar-refractivity contribution in [3.8, 4) is 0 Å². The molecule has 0 amide bonds. The molecule has 34 heavy (non-hydrogen) atoms. The summed E-state index contributed by atoms with van der Waals surface area (Å²) in [5.41, 5.74) is 8.39. The number of nitrogens with one attached hydrogen (secondary N) is 1. The predicted octanol–water partition coefficient (Wildman–Crippen LogP) is 5.42. The Kier molecular flexibility index (Phi) is 5.98. The summed E-state index contributed by atoms with van der Waals surface area (Å²) in [5.74, 6) is 0.932. The summed E-state index contributed by atoms with van der Waals surface area (Å²) in [4.78, 5) is 12.2. The largest absolute Gasteiger partial charge is 0.381 e. The van der Waals surface area contributed by atoms with E-state index < -0.39 is 9.73 Å². The van der Waals surface area contributed by atoms with Gasteiger partial charge in [-0.2, -0.15) is 0 Å². The minimum Gasteiger partial charge on any atom is -0.381 e. The number of fused-ring (bicyclic) bond motifs is 1. The zero-order valence-electron chi connectivity index (χ0n) is 18.7. The molecule has 1 saturated heterocycles. The van der Waals surface area contributed by atoms with Crippen LogP contribution in [0.4, 0.5) is 16.0 Å². The lowest BCUT2D eigenvalue weighted by Gasteiger charge is -2.39. The molecule has 1 aliphatic heterocycles. The van der Waals surface area contributed by atoms with Gasteiger partial charge in [0.1, 0.15) is 16.7 Å². The number of nitrogen functional groups attached to an aromatic ring is 1. The van der Waals surface area contributed by atoms with Gasteiger partial charge in [-0.15, -0.1) is 0 Å². The van der Waals surface area contributed by atoms with Gasteiger partial charge in [0, 0.05) is 24.2 Å². The van der Waals surface area contributed by atoms with Crippen molar-refractivity contribution >= 4 is 44.7 Å². The molecule has 1 fully saturated rings. The van der Waals surface area contributed by atoms with Crippen molar-refractivity contribution in [2.45, 2.75) is 40.5 Å². The Balaban J connectivity index is 1.29. The Labute approximate surface area is 208 Å². The monoisotopic (exact) mass is 517 g/mol.